The van der Waals surface area contributed by atoms with Gasteiger partial charge in [0.2, 0.25) is 5.95 Å². The Labute approximate surface area is 167 Å². The number of benzene rings is 1. The van der Waals surface area contributed by atoms with Gasteiger partial charge in [-0.15, -0.1) is 0 Å². The number of carbonyl (C=O) groups is 1. The summed E-state index contributed by atoms with van der Waals surface area (Å²) in [6.45, 7) is 11.7. The number of fused-ring (bicyclic) bond motifs is 1. The second-order valence-corrected chi connectivity index (χ2v) is 8.30. The van der Waals surface area contributed by atoms with Crippen LogP contribution < -0.4 is 4.90 Å². The topological polar surface area (TPSA) is 49.3 Å². The van der Waals surface area contributed by atoms with E-state index in [2.05, 4.69) is 59.8 Å². The third kappa shape index (κ3) is 3.81. The summed E-state index contributed by atoms with van der Waals surface area (Å²) in [5.41, 5.74) is 4.20. The van der Waals surface area contributed by atoms with Crippen LogP contribution >= 0.6 is 0 Å². The van der Waals surface area contributed by atoms with Gasteiger partial charge in [-0.1, -0.05) is 45.0 Å². The molecule has 4 rings (SSSR count). The molecular weight excluding hydrogens is 348 g/mol. The first-order valence-corrected chi connectivity index (χ1v) is 10.5. The van der Waals surface area contributed by atoms with Gasteiger partial charge in [-0.25, -0.2) is 9.97 Å². The lowest BCUT2D eigenvalue weighted by molar-refractivity contribution is 0.0962. The molecule has 5 heteroatoms. The van der Waals surface area contributed by atoms with E-state index in [0.717, 1.165) is 50.8 Å². The van der Waals surface area contributed by atoms with Crippen LogP contribution in [0.2, 0.25) is 0 Å². The molecule has 0 saturated carbocycles. The van der Waals surface area contributed by atoms with Crippen LogP contribution in [0.15, 0.2) is 30.5 Å². The SMILES string of the molecule is CCN1CCN(c2ncc3c(n2)CC(c2ccc(C(C)C)cc2)CC3=O)CC1. The number of aromatic nitrogens is 2. The molecule has 1 atom stereocenters. The van der Waals surface area contributed by atoms with Crippen molar-refractivity contribution in [2.45, 2.75) is 45.4 Å². The number of Topliss-reactive ketones (excluding diaryl/α,β-unsaturated/α-hetero) is 1. The van der Waals surface area contributed by atoms with Crippen molar-refractivity contribution in [3.8, 4) is 0 Å². The lowest BCUT2D eigenvalue weighted by atomic mass is 9.81. The van der Waals surface area contributed by atoms with Gasteiger partial charge in [-0.05, 0) is 35.9 Å². The number of piperazine rings is 1. The molecule has 1 unspecified atom stereocenters. The molecule has 0 radical (unpaired) electrons. The lowest BCUT2D eigenvalue weighted by Gasteiger charge is -2.34. The molecule has 28 heavy (non-hydrogen) atoms. The van der Waals surface area contributed by atoms with Crippen molar-refractivity contribution in [3.05, 3.63) is 52.8 Å². The number of likely N-dealkylation sites (N-methyl/N-ethyl adjacent to an activating group) is 1. The number of nitrogens with zero attached hydrogens (tertiary/aromatic N) is 4. The Morgan fingerprint density at radius 2 is 1.79 bits per heavy atom. The number of rotatable bonds is 4. The monoisotopic (exact) mass is 378 g/mol. The van der Waals surface area contributed by atoms with Crippen molar-refractivity contribution in [3.63, 3.8) is 0 Å². The maximum absolute atomic E-state index is 12.7. The van der Waals surface area contributed by atoms with E-state index in [9.17, 15) is 4.79 Å². The highest BCUT2D eigenvalue weighted by molar-refractivity contribution is 5.98. The minimum atomic E-state index is 0.168. The molecule has 1 aliphatic heterocycles. The van der Waals surface area contributed by atoms with Crippen LogP contribution in [-0.4, -0.2) is 53.4 Å². The van der Waals surface area contributed by atoms with Crippen molar-refractivity contribution >= 4 is 11.7 Å². The van der Waals surface area contributed by atoms with Crippen LogP contribution in [0.4, 0.5) is 5.95 Å². The summed E-state index contributed by atoms with van der Waals surface area (Å²) in [7, 11) is 0. The standard InChI is InChI=1S/C23H30N4O/c1-4-26-9-11-27(12-10-26)23-24-15-20-21(25-23)13-19(14-22(20)28)18-7-5-17(6-8-18)16(2)3/h5-8,15-16,19H,4,9-14H2,1-3H3. The van der Waals surface area contributed by atoms with E-state index in [4.69, 9.17) is 4.98 Å². The van der Waals surface area contributed by atoms with E-state index < -0.39 is 0 Å². The fourth-order valence-corrected chi connectivity index (χ4v) is 4.24. The predicted octanol–water partition coefficient (Wildman–Crippen LogP) is 3.65. The zero-order valence-electron chi connectivity index (χ0n) is 17.2. The number of hydrogen-bond acceptors (Lipinski definition) is 5. The summed E-state index contributed by atoms with van der Waals surface area (Å²) in [6, 6.07) is 8.76. The van der Waals surface area contributed by atoms with Crippen molar-refractivity contribution in [1.82, 2.24) is 14.9 Å². The predicted molar refractivity (Wildman–Crippen MR) is 112 cm³/mol. The maximum Gasteiger partial charge on any atom is 0.225 e. The Morgan fingerprint density at radius 3 is 2.43 bits per heavy atom. The molecule has 5 nitrogen and oxygen atoms in total. The summed E-state index contributed by atoms with van der Waals surface area (Å²) in [5.74, 6) is 1.67. The Hall–Kier alpha value is -2.27. The Bertz CT molecular complexity index is 838. The van der Waals surface area contributed by atoms with Crippen molar-refractivity contribution in [1.29, 1.82) is 0 Å². The third-order valence-electron chi connectivity index (χ3n) is 6.20. The zero-order chi connectivity index (χ0) is 19.7. The largest absolute Gasteiger partial charge is 0.338 e. The second kappa shape index (κ2) is 8.00. The van der Waals surface area contributed by atoms with E-state index in [-0.39, 0.29) is 11.7 Å². The van der Waals surface area contributed by atoms with E-state index in [1.54, 1.807) is 6.20 Å². The van der Waals surface area contributed by atoms with Crippen LogP contribution in [0.3, 0.4) is 0 Å². The van der Waals surface area contributed by atoms with Crippen LogP contribution in [0.1, 0.15) is 66.2 Å². The van der Waals surface area contributed by atoms with Crippen molar-refractivity contribution in [2.75, 3.05) is 37.6 Å². The number of carbonyl (C=O) groups excluding carboxylic acids is 1. The van der Waals surface area contributed by atoms with Gasteiger partial charge < -0.3 is 9.80 Å². The normalized spacial score (nSPS) is 20.5. The summed E-state index contributed by atoms with van der Waals surface area (Å²) >= 11 is 0. The molecule has 148 valence electrons. The Kier molecular flexibility index (Phi) is 5.44. The molecule has 2 aliphatic rings. The molecule has 0 bridgehead atoms. The van der Waals surface area contributed by atoms with Crippen LogP contribution in [0.5, 0.6) is 0 Å². The first-order chi connectivity index (χ1) is 13.5. The minimum absolute atomic E-state index is 0.168. The van der Waals surface area contributed by atoms with Crippen molar-refractivity contribution in [2.24, 2.45) is 0 Å². The molecular formula is C23H30N4O. The smallest absolute Gasteiger partial charge is 0.225 e. The van der Waals surface area contributed by atoms with Crippen molar-refractivity contribution < 1.29 is 4.79 Å². The fourth-order valence-electron chi connectivity index (χ4n) is 4.24. The molecule has 2 aromatic rings. The molecule has 0 spiro atoms. The van der Waals surface area contributed by atoms with E-state index >= 15 is 0 Å². The zero-order valence-corrected chi connectivity index (χ0v) is 17.2. The Morgan fingerprint density at radius 1 is 1.07 bits per heavy atom. The molecule has 0 amide bonds. The molecule has 1 aromatic carbocycles. The highest BCUT2D eigenvalue weighted by Crippen LogP contribution is 2.33. The van der Waals surface area contributed by atoms with Crippen LogP contribution in [0.25, 0.3) is 0 Å². The van der Waals surface area contributed by atoms with E-state index in [0.29, 0.717) is 17.9 Å². The summed E-state index contributed by atoms with van der Waals surface area (Å²) < 4.78 is 0. The third-order valence-corrected chi connectivity index (χ3v) is 6.20. The average molecular weight is 379 g/mol. The quantitative estimate of drug-likeness (QED) is 0.813. The van der Waals surface area contributed by atoms with Gasteiger partial charge in [-0.2, -0.15) is 0 Å². The van der Waals surface area contributed by atoms with Gasteiger partial charge in [-0.3, -0.25) is 4.79 Å². The molecule has 0 N–H and O–H groups in total. The number of hydrogen-bond donors (Lipinski definition) is 0. The van der Waals surface area contributed by atoms with E-state index in [1.165, 1.54) is 11.1 Å². The lowest BCUT2D eigenvalue weighted by Crippen LogP contribution is -2.46. The summed E-state index contributed by atoms with van der Waals surface area (Å²) in [5, 5.41) is 0. The van der Waals surface area contributed by atoms with Gasteiger partial charge in [0, 0.05) is 38.8 Å². The Balaban J connectivity index is 1.54. The first kappa shape index (κ1) is 19.1. The second-order valence-electron chi connectivity index (χ2n) is 8.30. The molecule has 2 heterocycles. The van der Waals surface area contributed by atoms with Gasteiger partial charge in [0.1, 0.15) is 0 Å². The van der Waals surface area contributed by atoms with Gasteiger partial charge in [0.05, 0.1) is 11.3 Å². The van der Waals surface area contributed by atoms with Gasteiger partial charge in [0.25, 0.3) is 0 Å². The summed E-state index contributed by atoms with van der Waals surface area (Å²) in [4.78, 5) is 26.8. The molecule has 1 fully saturated rings. The highest BCUT2D eigenvalue weighted by Gasteiger charge is 2.29. The van der Waals surface area contributed by atoms with Gasteiger partial charge >= 0.3 is 0 Å². The molecule has 1 saturated heterocycles. The molecule has 1 aliphatic carbocycles. The first-order valence-electron chi connectivity index (χ1n) is 10.5. The fraction of sp³-hybridized carbons (Fsp3) is 0.522. The molecule has 1 aromatic heterocycles. The van der Waals surface area contributed by atoms with E-state index in [1.807, 2.05) is 0 Å². The van der Waals surface area contributed by atoms with Crippen LogP contribution in [-0.2, 0) is 6.42 Å². The maximum atomic E-state index is 12.7. The van der Waals surface area contributed by atoms with Crippen LogP contribution in [0, 0.1) is 0 Å². The average Bonchev–Trinajstić information content (AvgIpc) is 2.73. The minimum Gasteiger partial charge on any atom is -0.338 e. The highest BCUT2D eigenvalue weighted by atomic mass is 16.1. The number of ketones is 1. The van der Waals surface area contributed by atoms with Gasteiger partial charge in [0.15, 0.2) is 5.78 Å². The number of anilines is 1. The summed E-state index contributed by atoms with van der Waals surface area (Å²) in [6.07, 6.45) is 3.11.